The lowest BCUT2D eigenvalue weighted by molar-refractivity contribution is -0.136. The van der Waals surface area contributed by atoms with E-state index in [0.29, 0.717) is 12.0 Å². The minimum atomic E-state index is -0.312. The first kappa shape index (κ1) is 14.2. The third-order valence-corrected chi connectivity index (χ3v) is 1.94. The molecule has 0 aromatic heterocycles. The highest BCUT2D eigenvalue weighted by atomic mass is 16.5. The van der Waals surface area contributed by atoms with E-state index in [2.05, 4.69) is 17.9 Å². The summed E-state index contributed by atoms with van der Waals surface area (Å²) in [5.74, 6) is -0.312. The summed E-state index contributed by atoms with van der Waals surface area (Å²) in [6.45, 7) is 8.96. The highest BCUT2D eigenvalue weighted by Crippen LogP contribution is 1.97. The largest absolute Gasteiger partial charge is 0.466 e. The van der Waals surface area contributed by atoms with Gasteiger partial charge in [0.1, 0.15) is 0 Å². The topological polar surface area (TPSA) is 26.3 Å². The van der Waals surface area contributed by atoms with Crippen LogP contribution in [-0.4, -0.2) is 13.1 Å². The fraction of sp³-hybridized carbons (Fsp3) is 0.214. The smallest absolute Gasteiger partial charge is 0.333 e. The van der Waals surface area contributed by atoms with Crippen molar-refractivity contribution in [1.29, 1.82) is 0 Å². The Balaban J connectivity index is 0.000000281. The van der Waals surface area contributed by atoms with Gasteiger partial charge in [0.05, 0.1) is 7.11 Å². The molecule has 0 unspecified atom stereocenters. The lowest BCUT2D eigenvalue weighted by Gasteiger charge is -1.95. The van der Waals surface area contributed by atoms with E-state index < -0.39 is 0 Å². The first-order valence-electron chi connectivity index (χ1n) is 5.09. The summed E-state index contributed by atoms with van der Waals surface area (Å²) in [5, 5.41) is 0. The molecule has 0 radical (unpaired) electrons. The average Bonchev–Trinajstić information content (AvgIpc) is 2.38. The number of hydrogen-bond acceptors (Lipinski definition) is 2. The van der Waals surface area contributed by atoms with Crippen LogP contribution in [0.15, 0.2) is 49.1 Å². The van der Waals surface area contributed by atoms with Gasteiger partial charge in [0.2, 0.25) is 0 Å². The van der Waals surface area contributed by atoms with Crippen molar-refractivity contribution in [3.63, 3.8) is 0 Å². The summed E-state index contributed by atoms with van der Waals surface area (Å²) in [5.41, 5.74) is 1.69. The second kappa shape index (κ2) is 8.48. The van der Waals surface area contributed by atoms with Crippen LogP contribution in [0.3, 0.4) is 0 Å². The van der Waals surface area contributed by atoms with E-state index in [1.807, 2.05) is 43.3 Å². The number of carbonyl (C=O) groups is 1. The number of hydrogen-bond donors (Lipinski definition) is 0. The molecule has 0 atom stereocenters. The van der Waals surface area contributed by atoms with Crippen LogP contribution in [0.2, 0.25) is 0 Å². The molecule has 0 fully saturated rings. The van der Waals surface area contributed by atoms with Gasteiger partial charge in [-0.3, -0.25) is 0 Å². The van der Waals surface area contributed by atoms with E-state index in [1.165, 1.54) is 12.7 Å². The lowest BCUT2D eigenvalue weighted by atomic mass is 10.2. The van der Waals surface area contributed by atoms with Crippen molar-refractivity contribution in [1.82, 2.24) is 0 Å². The van der Waals surface area contributed by atoms with Crippen LogP contribution in [0.5, 0.6) is 0 Å². The summed E-state index contributed by atoms with van der Waals surface area (Å²) >= 11 is 0. The molecule has 16 heavy (non-hydrogen) atoms. The monoisotopic (exact) mass is 218 g/mol. The molecule has 2 heteroatoms. The van der Waals surface area contributed by atoms with E-state index in [0.717, 1.165) is 0 Å². The normalized spacial score (nSPS) is 8.38. The molecule has 0 saturated carbocycles. The van der Waals surface area contributed by atoms with Crippen LogP contribution in [-0.2, 0) is 9.53 Å². The summed E-state index contributed by atoms with van der Waals surface area (Å²) in [6.07, 6.45) is 2.49. The minimum absolute atomic E-state index is 0.312. The Bertz CT molecular complexity index is 325. The van der Waals surface area contributed by atoms with Gasteiger partial charge in [-0.1, -0.05) is 56.5 Å². The van der Waals surface area contributed by atoms with E-state index >= 15 is 0 Å². The molecule has 0 heterocycles. The van der Waals surface area contributed by atoms with Crippen molar-refractivity contribution in [2.75, 3.05) is 7.11 Å². The maximum atomic E-state index is 10.4. The molecule has 0 N–H and O–H groups in total. The van der Waals surface area contributed by atoms with Crippen molar-refractivity contribution in [3.05, 3.63) is 54.6 Å². The van der Waals surface area contributed by atoms with Gasteiger partial charge >= 0.3 is 5.97 Å². The third kappa shape index (κ3) is 5.81. The van der Waals surface area contributed by atoms with Gasteiger partial charge in [0.25, 0.3) is 0 Å². The Morgan fingerprint density at radius 1 is 1.38 bits per heavy atom. The number of methoxy groups -OCH3 is 1. The Morgan fingerprint density at radius 3 is 2.19 bits per heavy atom. The Hall–Kier alpha value is -1.83. The maximum absolute atomic E-state index is 10.4. The molecular weight excluding hydrogens is 200 g/mol. The molecule has 0 bridgehead atoms. The van der Waals surface area contributed by atoms with Gasteiger partial charge < -0.3 is 4.74 Å². The van der Waals surface area contributed by atoms with E-state index in [-0.39, 0.29) is 5.97 Å². The molecule has 2 nitrogen and oxygen atoms in total. The summed E-state index contributed by atoms with van der Waals surface area (Å²) < 4.78 is 4.36. The summed E-state index contributed by atoms with van der Waals surface area (Å²) in [4.78, 5) is 10.4. The molecule has 0 aliphatic heterocycles. The van der Waals surface area contributed by atoms with Crippen molar-refractivity contribution in [2.45, 2.75) is 13.3 Å². The van der Waals surface area contributed by atoms with Crippen LogP contribution in [0.1, 0.15) is 18.9 Å². The summed E-state index contributed by atoms with van der Waals surface area (Å²) in [7, 11) is 1.35. The predicted molar refractivity (Wildman–Crippen MR) is 68.0 cm³/mol. The van der Waals surface area contributed by atoms with Crippen LogP contribution in [0.4, 0.5) is 0 Å². The second-order valence-corrected chi connectivity index (χ2v) is 3.06. The Kier molecular flexibility index (Phi) is 7.51. The SMILES string of the molecule is C=C(CC)C(=O)OC.C=Cc1ccccc1. The molecule has 1 aromatic carbocycles. The zero-order chi connectivity index (χ0) is 12.4. The predicted octanol–water partition coefficient (Wildman–Crippen LogP) is 3.46. The van der Waals surface area contributed by atoms with Crippen molar-refractivity contribution < 1.29 is 9.53 Å². The average molecular weight is 218 g/mol. The van der Waals surface area contributed by atoms with Crippen LogP contribution in [0.25, 0.3) is 6.08 Å². The van der Waals surface area contributed by atoms with Gasteiger partial charge in [-0.15, -0.1) is 0 Å². The Labute approximate surface area is 97.3 Å². The van der Waals surface area contributed by atoms with E-state index in [4.69, 9.17) is 0 Å². The standard InChI is InChI=1S/C8H8.C6H10O2/c1-2-8-6-4-3-5-7-8;1-4-5(2)6(7)8-3/h2-7H,1H2;2,4H2,1,3H3. The van der Waals surface area contributed by atoms with Gasteiger partial charge in [-0.2, -0.15) is 0 Å². The minimum Gasteiger partial charge on any atom is -0.466 e. The molecule has 1 aromatic rings. The quantitative estimate of drug-likeness (QED) is 0.573. The fourth-order valence-electron chi connectivity index (χ4n) is 0.878. The first-order valence-corrected chi connectivity index (χ1v) is 5.09. The molecule has 0 aliphatic rings. The first-order chi connectivity index (χ1) is 7.65. The van der Waals surface area contributed by atoms with Crippen molar-refractivity contribution in [2.24, 2.45) is 0 Å². The van der Waals surface area contributed by atoms with Crippen LogP contribution in [0, 0.1) is 0 Å². The highest BCUT2D eigenvalue weighted by molar-refractivity contribution is 5.87. The highest BCUT2D eigenvalue weighted by Gasteiger charge is 2.00. The molecule has 0 spiro atoms. The lowest BCUT2D eigenvalue weighted by Crippen LogP contribution is -2.01. The van der Waals surface area contributed by atoms with E-state index in [9.17, 15) is 4.79 Å². The molecule has 1 rings (SSSR count). The molecule has 0 aliphatic carbocycles. The van der Waals surface area contributed by atoms with E-state index in [1.54, 1.807) is 0 Å². The van der Waals surface area contributed by atoms with Crippen molar-refractivity contribution in [3.8, 4) is 0 Å². The Morgan fingerprint density at radius 2 is 1.94 bits per heavy atom. The maximum Gasteiger partial charge on any atom is 0.333 e. The molecule has 0 saturated heterocycles. The molecule has 0 amide bonds. The van der Waals surface area contributed by atoms with Gasteiger partial charge in [-0.05, 0) is 12.0 Å². The van der Waals surface area contributed by atoms with Gasteiger partial charge in [-0.25, -0.2) is 4.79 Å². The zero-order valence-electron chi connectivity index (χ0n) is 9.90. The zero-order valence-corrected chi connectivity index (χ0v) is 9.90. The number of benzene rings is 1. The number of ether oxygens (including phenoxy) is 1. The summed E-state index contributed by atoms with van der Waals surface area (Å²) in [6, 6.07) is 10.0. The van der Waals surface area contributed by atoms with Crippen molar-refractivity contribution >= 4 is 12.0 Å². The fourth-order valence-corrected chi connectivity index (χ4v) is 0.878. The number of esters is 1. The number of rotatable bonds is 3. The molecule has 86 valence electrons. The van der Waals surface area contributed by atoms with Gasteiger partial charge in [0, 0.05) is 5.57 Å². The van der Waals surface area contributed by atoms with Gasteiger partial charge in [0.15, 0.2) is 0 Å². The van der Waals surface area contributed by atoms with Crippen LogP contribution < -0.4 is 0 Å². The number of carbonyl (C=O) groups excluding carboxylic acids is 1. The second-order valence-electron chi connectivity index (χ2n) is 3.06. The third-order valence-electron chi connectivity index (χ3n) is 1.94. The molecular formula is C14H18O2. The van der Waals surface area contributed by atoms with Crippen LogP contribution >= 0.6 is 0 Å².